The van der Waals surface area contributed by atoms with Gasteiger partial charge < -0.3 is 0 Å². The third kappa shape index (κ3) is 3.87. The van der Waals surface area contributed by atoms with Gasteiger partial charge in [0.05, 0.1) is 6.42 Å². The van der Waals surface area contributed by atoms with Crippen LogP contribution in [0.1, 0.15) is 6.42 Å². The van der Waals surface area contributed by atoms with Crippen molar-refractivity contribution in [2.75, 3.05) is 0 Å². The molecule has 0 saturated heterocycles. The molecular formula is C10H3F16NO. The zero-order chi connectivity index (χ0) is 23.2. The van der Waals surface area contributed by atoms with Gasteiger partial charge in [0.25, 0.3) is 0 Å². The summed E-state index contributed by atoms with van der Waals surface area (Å²) in [4.78, 5) is 10.1. The SMILES string of the molecule is O=C=NC(F)(F)C(F)(F)C(F)(F)C(F)(F)C(F)(F)C(F)(F)C(F)CC(F)(F)F. The standard InChI is InChI=1S/C10H3F16NO/c11-3(1-4(12,13)14)5(15,16)6(17,18)7(19,20)8(21,22)9(23,24)10(25,26)27-2-28/h3H,1H2. The number of halogens is 16. The summed E-state index contributed by atoms with van der Waals surface area (Å²) in [6.45, 7) is 0. The van der Waals surface area contributed by atoms with E-state index in [4.69, 9.17) is 0 Å². The van der Waals surface area contributed by atoms with Crippen molar-refractivity contribution in [1.82, 2.24) is 0 Å². The molecule has 0 aliphatic heterocycles. The van der Waals surface area contributed by atoms with E-state index >= 15 is 0 Å². The van der Waals surface area contributed by atoms with E-state index in [0.29, 0.717) is 4.99 Å². The second kappa shape index (κ2) is 6.95. The zero-order valence-electron chi connectivity index (χ0n) is 12.2. The van der Waals surface area contributed by atoms with Crippen molar-refractivity contribution in [2.45, 2.75) is 54.4 Å². The van der Waals surface area contributed by atoms with Gasteiger partial charge in [-0.25, -0.2) is 9.18 Å². The molecule has 0 heterocycles. The fraction of sp³-hybridized carbons (Fsp3) is 0.900. The van der Waals surface area contributed by atoms with E-state index < -0.39 is 60.5 Å². The topological polar surface area (TPSA) is 29.4 Å². The predicted molar refractivity (Wildman–Crippen MR) is 53.4 cm³/mol. The number of nitrogens with zero attached hydrogens (tertiary/aromatic N) is 1. The van der Waals surface area contributed by atoms with Gasteiger partial charge in [-0.1, -0.05) is 0 Å². The second-order valence-corrected chi connectivity index (χ2v) is 4.95. The molecule has 0 radical (unpaired) electrons. The lowest BCUT2D eigenvalue weighted by Crippen LogP contribution is -2.71. The number of aliphatic imine (C=N–C) groups is 1. The first-order chi connectivity index (χ1) is 11.9. The van der Waals surface area contributed by atoms with Gasteiger partial charge in [0.1, 0.15) is 0 Å². The van der Waals surface area contributed by atoms with E-state index in [9.17, 15) is 75.0 Å². The molecule has 0 aromatic carbocycles. The molecule has 0 aliphatic carbocycles. The van der Waals surface area contributed by atoms with E-state index in [0.717, 1.165) is 0 Å². The lowest BCUT2D eigenvalue weighted by molar-refractivity contribution is -0.429. The van der Waals surface area contributed by atoms with Gasteiger partial charge >= 0.3 is 41.8 Å². The van der Waals surface area contributed by atoms with Gasteiger partial charge in [-0.3, -0.25) is 0 Å². The number of isocyanates is 1. The molecule has 0 aliphatic rings. The summed E-state index contributed by atoms with van der Waals surface area (Å²) in [6, 6.07) is -6.91. The van der Waals surface area contributed by atoms with Crippen LogP contribution in [0, 0.1) is 0 Å². The van der Waals surface area contributed by atoms with Crippen LogP contribution in [0.3, 0.4) is 0 Å². The lowest BCUT2D eigenvalue weighted by atomic mass is 9.90. The number of hydrogen-bond acceptors (Lipinski definition) is 2. The van der Waals surface area contributed by atoms with Crippen molar-refractivity contribution in [3.63, 3.8) is 0 Å². The Bertz CT molecular complexity index is 615. The molecule has 0 amide bonds. The predicted octanol–water partition coefficient (Wildman–Crippen LogP) is 5.38. The highest BCUT2D eigenvalue weighted by Gasteiger charge is 2.91. The maximum absolute atomic E-state index is 13.2. The number of hydrogen-bond donors (Lipinski definition) is 0. The Morgan fingerprint density at radius 2 is 1.00 bits per heavy atom. The Labute approximate surface area is 142 Å². The van der Waals surface area contributed by atoms with Crippen LogP contribution in [-0.2, 0) is 4.79 Å². The average molecular weight is 457 g/mol. The Morgan fingerprint density at radius 3 is 1.32 bits per heavy atom. The van der Waals surface area contributed by atoms with Gasteiger partial charge in [0.15, 0.2) is 6.17 Å². The molecule has 28 heavy (non-hydrogen) atoms. The number of alkyl halides is 16. The van der Waals surface area contributed by atoms with Crippen molar-refractivity contribution in [3.8, 4) is 0 Å². The Balaban J connectivity index is 6.42. The maximum atomic E-state index is 13.2. The van der Waals surface area contributed by atoms with Gasteiger partial charge in [0.2, 0.25) is 6.08 Å². The number of rotatable bonds is 8. The van der Waals surface area contributed by atoms with Crippen LogP contribution in [0.2, 0.25) is 0 Å². The van der Waals surface area contributed by atoms with Crippen LogP contribution in [0.5, 0.6) is 0 Å². The molecule has 1 atom stereocenters. The summed E-state index contributed by atoms with van der Waals surface area (Å²) in [5.41, 5.74) is 0. The van der Waals surface area contributed by atoms with Crippen molar-refractivity contribution in [1.29, 1.82) is 0 Å². The summed E-state index contributed by atoms with van der Waals surface area (Å²) in [7, 11) is 0. The Hall–Kier alpha value is -1.74. The minimum absolute atomic E-state index is 0.503. The minimum Gasteiger partial charge on any atom is -0.240 e. The summed E-state index contributed by atoms with van der Waals surface area (Å²) >= 11 is 0. The smallest absolute Gasteiger partial charge is 0.240 e. The van der Waals surface area contributed by atoms with Crippen molar-refractivity contribution in [3.05, 3.63) is 0 Å². The fourth-order valence-corrected chi connectivity index (χ4v) is 1.45. The minimum atomic E-state index is -8.27. The Kier molecular flexibility index (Phi) is 6.52. The number of carbonyl (C=O) groups excluding carboxylic acids is 1. The van der Waals surface area contributed by atoms with Crippen molar-refractivity contribution in [2.24, 2.45) is 4.99 Å². The molecule has 2 nitrogen and oxygen atoms in total. The lowest BCUT2D eigenvalue weighted by Gasteiger charge is -2.40. The van der Waals surface area contributed by atoms with Crippen LogP contribution >= 0.6 is 0 Å². The van der Waals surface area contributed by atoms with Gasteiger partial charge in [-0.15, -0.1) is 4.99 Å². The molecule has 0 bridgehead atoms. The van der Waals surface area contributed by atoms with Gasteiger partial charge in [-0.2, -0.15) is 65.9 Å². The molecule has 0 spiro atoms. The van der Waals surface area contributed by atoms with E-state index in [1.807, 2.05) is 0 Å². The summed E-state index contributed by atoms with van der Waals surface area (Å²) < 4.78 is 204. The first-order valence-electron chi connectivity index (χ1n) is 6.00. The van der Waals surface area contributed by atoms with Crippen molar-refractivity contribution >= 4 is 6.08 Å². The van der Waals surface area contributed by atoms with E-state index in [2.05, 4.69) is 0 Å². The van der Waals surface area contributed by atoms with Crippen LogP contribution < -0.4 is 0 Å². The molecule has 0 aromatic heterocycles. The second-order valence-electron chi connectivity index (χ2n) is 4.95. The summed E-state index contributed by atoms with van der Waals surface area (Å²) in [6.07, 6.45) is -15.6. The molecule has 18 heteroatoms. The first-order valence-corrected chi connectivity index (χ1v) is 6.00. The largest absolute Gasteiger partial charge is 0.421 e. The highest BCUT2D eigenvalue weighted by Crippen LogP contribution is 2.61. The van der Waals surface area contributed by atoms with Crippen LogP contribution in [0.15, 0.2) is 4.99 Å². The highest BCUT2D eigenvalue weighted by atomic mass is 19.4. The molecule has 0 N–H and O–H groups in total. The van der Waals surface area contributed by atoms with Crippen molar-refractivity contribution < 1.29 is 75.0 Å². The van der Waals surface area contributed by atoms with Crippen LogP contribution in [-0.4, -0.2) is 54.1 Å². The zero-order valence-corrected chi connectivity index (χ0v) is 12.2. The van der Waals surface area contributed by atoms with Crippen LogP contribution in [0.4, 0.5) is 70.2 Å². The van der Waals surface area contributed by atoms with E-state index in [1.54, 1.807) is 0 Å². The van der Waals surface area contributed by atoms with E-state index in [1.165, 1.54) is 0 Å². The fourth-order valence-electron chi connectivity index (χ4n) is 1.45. The van der Waals surface area contributed by atoms with E-state index in [-0.39, 0.29) is 0 Å². The Morgan fingerprint density at radius 1 is 0.643 bits per heavy atom. The summed E-state index contributed by atoms with van der Waals surface area (Å²) in [5.74, 6) is -39.7. The van der Waals surface area contributed by atoms with Crippen LogP contribution in [0.25, 0.3) is 0 Å². The quantitative estimate of drug-likeness (QED) is 0.208. The summed E-state index contributed by atoms with van der Waals surface area (Å²) in [5, 5.41) is 0. The average Bonchev–Trinajstić information content (AvgIpc) is 2.44. The molecule has 0 aromatic rings. The third-order valence-electron chi connectivity index (χ3n) is 2.97. The highest BCUT2D eigenvalue weighted by molar-refractivity contribution is 5.34. The third-order valence-corrected chi connectivity index (χ3v) is 2.97. The first kappa shape index (κ1) is 26.3. The molecular weight excluding hydrogens is 454 g/mol. The molecule has 0 rings (SSSR count). The maximum Gasteiger partial charge on any atom is 0.421 e. The monoisotopic (exact) mass is 457 g/mol. The molecule has 166 valence electrons. The van der Waals surface area contributed by atoms with Gasteiger partial charge in [0, 0.05) is 0 Å². The normalized spacial score (nSPS) is 16.6. The molecule has 0 saturated carbocycles. The van der Waals surface area contributed by atoms with Gasteiger partial charge in [-0.05, 0) is 0 Å². The molecule has 0 fully saturated rings. The molecule has 1 unspecified atom stereocenters.